The smallest absolute Gasteiger partial charge is 0.239 e. The first kappa shape index (κ1) is 27.9. The second-order valence-electron chi connectivity index (χ2n) is 11.9. The highest BCUT2D eigenvalue weighted by Gasteiger charge is 2.41. The van der Waals surface area contributed by atoms with Crippen LogP contribution in [-0.4, -0.2) is 36.9 Å². The number of H-pyrrole nitrogens is 1. The number of methoxy groups -OCH3 is 1. The molecule has 4 aromatic rings. The standard InChI is InChI=1S/C34H35ClN4O3/c1-34(2)17-28-32(30(40)18-34)33(21-8-10-23(35)11-9-21)39(29-7-5-4-6-27(29)38-28)20-31(41)36-15-14-22-19-37-26-13-12-24(42-3)16-25(22)26/h4-13,16,19,33,37-38H,14-15,17-18,20H2,1-3H3,(H,36,41). The minimum atomic E-state index is -0.441. The molecule has 1 aliphatic carbocycles. The molecule has 0 bridgehead atoms. The zero-order chi connectivity index (χ0) is 29.4. The van der Waals surface area contributed by atoms with Crippen molar-refractivity contribution in [2.24, 2.45) is 5.41 Å². The highest BCUT2D eigenvalue weighted by molar-refractivity contribution is 6.30. The van der Waals surface area contributed by atoms with Gasteiger partial charge in [0.15, 0.2) is 5.78 Å². The highest BCUT2D eigenvalue weighted by atomic mass is 35.5. The molecule has 2 aliphatic rings. The lowest BCUT2D eigenvalue weighted by Gasteiger charge is -2.37. The lowest BCUT2D eigenvalue weighted by molar-refractivity contribution is -0.120. The van der Waals surface area contributed by atoms with Gasteiger partial charge < -0.3 is 25.3 Å². The van der Waals surface area contributed by atoms with E-state index in [0.29, 0.717) is 30.0 Å². The van der Waals surface area contributed by atoms with Gasteiger partial charge in [-0.15, -0.1) is 0 Å². The summed E-state index contributed by atoms with van der Waals surface area (Å²) in [4.78, 5) is 32.7. The van der Waals surface area contributed by atoms with Crippen LogP contribution in [0.1, 0.15) is 43.9 Å². The van der Waals surface area contributed by atoms with E-state index in [1.807, 2.05) is 72.9 Å². The summed E-state index contributed by atoms with van der Waals surface area (Å²) in [6, 6.07) is 21.0. The van der Waals surface area contributed by atoms with E-state index in [1.165, 1.54) is 0 Å². The number of para-hydroxylation sites is 2. The van der Waals surface area contributed by atoms with Crippen LogP contribution < -0.4 is 20.3 Å². The van der Waals surface area contributed by atoms with Gasteiger partial charge in [0.05, 0.1) is 31.1 Å². The van der Waals surface area contributed by atoms with Gasteiger partial charge in [0.25, 0.3) is 0 Å². The average Bonchev–Trinajstić information content (AvgIpc) is 3.30. The van der Waals surface area contributed by atoms with Crippen LogP contribution in [0.2, 0.25) is 5.02 Å². The number of benzene rings is 3. The Morgan fingerprint density at radius 3 is 2.67 bits per heavy atom. The maximum Gasteiger partial charge on any atom is 0.239 e. The first-order valence-electron chi connectivity index (χ1n) is 14.3. The third kappa shape index (κ3) is 5.49. The topological polar surface area (TPSA) is 86.5 Å². The molecule has 0 saturated carbocycles. The van der Waals surface area contributed by atoms with E-state index in [2.05, 4.69) is 34.4 Å². The number of ketones is 1. The third-order valence-corrected chi connectivity index (χ3v) is 8.45. The molecule has 2 heterocycles. The fourth-order valence-electron chi connectivity index (χ4n) is 6.26. The summed E-state index contributed by atoms with van der Waals surface area (Å²) in [7, 11) is 1.66. The average molecular weight is 583 g/mol. The molecule has 1 unspecified atom stereocenters. The van der Waals surface area contributed by atoms with Crippen LogP contribution in [0.15, 0.2) is 84.2 Å². The molecular weight excluding hydrogens is 548 g/mol. The second kappa shape index (κ2) is 11.2. The molecule has 8 heteroatoms. The first-order valence-corrected chi connectivity index (χ1v) is 14.7. The molecule has 6 rings (SSSR count). The molecule has 0 saturated heterocycles. The number of halogens is 1. The van der Waals surface area contributed by atoms with Crippen molar-refractivity contribution < 1.29 is 14.3 Å². The number of amides is 1. The predicted octanol–water partition coefficient (Wildman–Crippen LogP) is 6.81. The molecule has 0 spiro atoms. The van der Waals surface area contributed by atoms with Crippen LogP contribution in [-0.2, 0) is 16.0 Å². The van der Waals surface area contributed by atoms with Crippen molar-refractivity contribution in [3.8, 4) is 5.75 Å². The van der Waals surface area contributed by atoms with E-state index >= 15 is 0 Å². The SMILES string of the molecule is COc1ccc2[nH]cc(CCNC(=O)CN3c4ccccc4NC4=C(C(=O)CC(C)(C)C4)C3c3ccc(Cl)cc3)c2c1. The lowest BCUT2D eigenvalue weighted by atomic mass is 9.73. The zero-order valence-corrected chi connectivity index (χ0v) is 24.8. The van der Waals surface area contributed by atoms with Crippen molar-refractivity contribution in [3.63, 3.8) is 0 Å². The Hall–Kier alpha value is -4.23. The molecule has 3 aromatic carbocycles. The number of carbonyl (C=O) groups excluding carboxylic acids is 2. The number of Topliss-reactive ketones (excluding diaryl/α,β-unsaturated/α-hetero) is 1. The maximum atomic E-state index is 13.8. The summed E-state index contributed by atoms with van der Waals surface area (Å²) in [5.41, 5.74) is 6.28. The maximum absolute atomic E-state index is 13.8. The number of rotatable bonds is 7. The van der Waals surface area contributed by atoms with Crippen molar-refractivity contribution in [1.29, 1.82) is 0 Å². The summed E-state index contributed by atoms with van der Waals surface area (Å²) < 4.78 is 5.39. The zero-order valence-electron chi connectivity index (χ0n) is 24.1. The minimum Gasteiger partial charge on any atom is -0.497 e. The second-order valence-corrected chi connectivity index (χ2v) is 12.3. The molecule has 1 aromatic heterocycles. The number of aromatic nitrogens is 1. The number of fused-ring (bicyclic) bond motifs is 2. The van der Waals surface area contributed by atoms with Gasteiger partial charge >= 0.3 is 0 Å². The van der Waals surface area contributed by atoms with Gasteiger partial charge in [-0.3, -0.25) is 9.59 Å². The number of allylic oxidation sites excluding steroid dienone is 1. The number of hydrogen-bond donors (Lipinski definition) is 3. The molecule has 0 fully saturated rings. The predicted molar refractivity (Wildman–Crippen MR) is 168 cm³/mol. The van der Waals surface area contributed by atoms with E-state index in [1.54, 1.807) is 7.11 Å². The van der Waals surface area contributed by atoms with Crippen LogP contribution in [0.3, 0.4) is 0 Å². The monoisotopic (exact) mass is 582 g/mol. The van der Waals surface area contributed by atoms with Gasteiger partial charge in [0.2, 0.25) is 5.91 Å². The van der Waals surface area contributed by atoms with Crippen LogP contribution >= 0.6 is 11.6 Å². The molecular formula is C34H35ClN4O3. The molecule has 3 N–H and O–H groups in total. The Bertz CT molecular complexity index is 1690. The van der Waals surface area contributed by atoms with Gasteiger partial charge in [-0.2, -0.15) is 0 Å². The molecule has 1 amide bonds. The fourth-order valence-corrected chi connectivity index (χ4v) is 6.38. The summed E-state index contributed by atoms with van der Waals surface area (Å²) in [5, 5.41) is 8.42. The van der Waals surface area contributed by atoms with Crippen LogP contribution in [0, 0.1) is 5.41 Å². The number of nitrogens with one attached hydrogen (secondary N) is 3. The van der Waals surface area contributed by atoms with E-state index in [4.69, 9.17) is 16.3 Å². The number of ether oxygens (including phenoxy) is 1. The van der Waals surface area contributed by atoms with Crippen molar-refractivity contribution in [1.82, 2.24) is 10.3 Å². The minimum absolute atomic E-state index is 0.0845. The Morgan fingerprint density at radius 1 is 1.10 bits per heavy atom. The van der Waals surface area contributed by atoms with E-state index < -0.39 is 6.04 Å². The molecule has 1 aliphatic heterocycles. The summed E-state index contributed by atoms with van der Waals surface area (Å²) in [6.45, 7) is 4.81. The third-order valence-electron chi connectivity index (χ3n) is 8.19. The number of anilines is 2. The largest absolute Gasteiger partial charge is 0.497 e. The summed E-state index contributed by atoms with van der Waals surface area (Å²) in [6.07, 6.45) is 3.83. The fraction of sp³-hybridized carbons (Fsp3) is 0.294. The number of nitrogens with zero attached hydrogens (tertiary/aromatic N) is 1. The van der Waals surface area contributed by atoms with Crippen molar-refractivity contribution in [2.75, 3.05) is 30.4 Å². The summed E-state index contributed by atoms with van der Waals surface area (Å²) >= 11 is 6.26. The molecule has 42 heavy (non-hydrogen) atoms. The van der Waals surface area contributed by atoms with Gasteiger partial charge in [-0.1, -0.05) is 49.7 Å². The normalized spacial score (nSPS) is 17.8. The number of carbonyl (C=O) groups is 2. The number of aromatic amines is 1. The highest BCUT2D eigenvalue weighted by Crippen LogP contribution is 2.48. The van der Waals surface area contributed by atoms with Crippen molar-refractivity contribution in [2.45, 2.75) is 39.2 Å². The van der Waals surface area contributed by atoms with E-state index in [9.17, 15) is 9.59 Å². The van der Waals surface area contributed by atoms with Crippen molar-refractivity contribution >= 4 is 45.6 Å². The molecule has 1 atom stereocenters. The van der Waals surface area contributed by atoms with Gasteiger partial charge in [-0.05, 0) is 71.8 Å². The van der Waals surface area contributed by atoms with Gasteiger partial charge in [0.1, 0.15) is 5.75 Å². The van der Waals surface area contributed by atoms with Crippen LogP contribution in [0.5, 0.6) is 5.75 Å². The molecule has 216 valence electrons. The van der Waals surface area contributed by atoms with E-state index in [0.717, 1.165) is 51.3 Å². The quantitative estimate of drug-likeness (QED) is 0.223. The molecule has 0 radical (unpaired) electrons. The van der Waals surface area contributed by atoms with E-state index in [-0.39, 0.29) is 23.7 Å². The van der Waals surface area contributed by atoms with Crippen LogP contribution in [0.25, 0.3) is 10.9 Å². The Labute approximate surface area is 250 Å². The Kier molecular flexibility index (Phi) is 7.45. The Balaban J connectivity index is 1.31. The van der Waals surface area contributed by atoms with Crippen molar-refractivity contribution in [3.05, 3.63) is 100 Å². The number of hydrogen-bond acceptors (Lipinski definition) is 5. The van der Waals surface area contributed by atoms with Crippen LogP contribution in [0.4, 0.5) is 11.4 Å². The first-order chi connectivity index (χ1) is 20.2. The summed E-state index contributed by atoms with van der Waals surface area (Å²) in [5.74, 6) is 0.777. The Morgan fingerprint density at radius 2 is 1.88 bits per heavy atom. The lowest BCUT2D eigenvalue weighted by Crippen LogP contribution is -2.42. The molecule has 7 nitrogen and oxygen atoms in total. The van der Waals surface area contributed by atoms with Gasteiger partial charge in [-0.25, -0.2) is 0 Å². The van der Waals surface area contributed by atoms with Gasteiger partial charge in [0, 0.05) is 46.4 Å².